The fraction of sp³-hybridized carbons (Fsp3) is 0.448. The molecule has 2 aromatic carbocycles. The lowest BCUT2D eigenvalue weighted by Gasteiger charge is -2.52. The van der Waals surface area contributed by atoms with Crippen LogP contribution in [0.25, 0.3) is 0 Å². The highest BCUT2D eigenvalue weighted by molar-refractivity contribution is 6.30. The molecular weight excluding hydrogens is 465 g/mol. The Hall–Kier alpha value is -2.10. The molecule has 180 valence electrons. The Balaban J connectivity index is 1.85. The maximum atomic E-state index is 14.2. The molecule has 4 unspecified atom stereocenters. The number of nitrogens with zero attached hydrogens (tertiary/aromatic N) is 1. The quantitative estimate of drug-likeness (QED) is 0.331. The van der Waals surface area contributed by atoms with Crippen LogP contribution in [-0.2, 0) is 9.59 Å². The number of allylic oxidation sites excluding steroid dienone is 1. The van der Waals surface area contributed by atoms with Crippen LogP contribution in [0.2, 0.25) is 10.0 Å². The Bertz CT molecular complexity index is 1060. The first kappa shape index (κ1) is 25.0. The highest BCUT2D eigenvalue weighted by Crippen LogP contribution is 2.52. The van der Waals surface area contributed by atoms with Crippen LogP contribution < -0.4 is 0 Å². The van der Waals surface area contributed by atoms with Gasteiger partial charge in [-0.3, -0.25) is 9.59 Å². The molecule has 0 aromatic heterocycles. The molecule has 1 heterocycles. The van der Waals surface area contributed by atoms with E-state index in [1.54, 1.807) is 0 Å². The predicted molar refractivity (Wildman–Crippen MR) is 139 cm³/mol. The van der Waals surface area contributed by atoms with Gasteiger partial charge in [0.05, 0.1) is 11.5 Å². The van der Waals surface area contributed by atoms with Gasteiger partial charge in [-0.05, 0) is 67.5 Å². The van der Waals surface area contributed by atoms with Crippen molar-refractivity contribution in [2.24, 2.45) is 11.3 Å². The fourth-order valence-corrected chi connectivity index (χ4v) is 5.86. The fourth-order valence-electron chi connectivity index (χ4n) is 5.53. The number of piperidine rings is 1. The second-order valence-corrected chi connectivity index (χ2v) is 11.0. The SMILES string of the molecule is C=CCC1(C)CC(c2cccc(Cl)c2)C(c2ccc(Cl)cc2)N(C(CC)CC(=O)C2CC2)C1=O. The molecule has 5 heteroatoms. The zero-order valence-electron chi connectivity index (χ0n) is 20.0. The molecule has 1 aliphatic heterocycles. The zero-order chi connectivity index (χ0) is 24.5. The molecule has 2 fully saturated rings. The van der Waals surface area contributed by atoms with Gasteiger partial charge in [0.25, 0.3) is 0 Å². The van der Waals surface area contributed by atoms with Crippen molar-refractivity contribution >= 4 is 34.9 Å². The Kier molecular flexibility index (Phi) is 7.54. The Morgan fingerprint density at radius 1 is 1.15 bits per heavy atom. The molecule has 0 N–H and O–H groups in total. The summed E-state index contributed by atoms with van der Waals surface area (Å²) in [6.07, 6.45) is 6.18. The van der Waals surface area contributed by atoms with E-state index in [9.17, 15) is 9.59 Å². The lowest BCUT2D eigenvalue weighted by molar-refractivity contribution is -0.155. The maximum absolute atomic E-state index is 14.2. The van der Waals surface area contributed by atoms with E-state index in [2.05, 4.69) is 19.6 Å². The summed E-state index contributed by atoms with van der Waals surface area (Å²) in [6.45, 7) is 8.05. The van der Waals surface area contributed by atoms with E-state index in [0.29, 0.717) is 29.3 Å². The number of carbonyl (C=O) groups excluding carboxylic acids is 2. The minimum absolute atomic E-state index is 0.0209. The largest absolute Gasteiger partial charge is 0.331 e. The molecular formula is C29H33Cl2NO2. The topological polar surface area (TPSA) is 37.4 Å². The van der Waals surface area contributed by atoms with Gasteiger partial charge in [-0.2, -0.15) is 0 Å². The zero-order valence-corrected chi connectivity index (χ0v) is 21.5. The predicted octanol–water partition coefficient (Wildman–Crippen LogP) is 7.78. The van der Waals surface area contributed by atoms with Crippen LogP contribution in [0.1, 0.15) is 75.5 Å². The normalized spacial score (nSPS) is 25.8. The van der Waals surface area contributed by atoms with Crippen molar-refractivity contribution < 1.29 is 9.59 Å². The van der Waals surface area contributed by atoms with Crippen LogP contribution >= 0.6 is 23.2 Å². The summed E-state index contributed by atoms with van der Waals surface area (Å²) in [5, 5.41) is 1.33. The van der Waals surface area contributed by atoms with E-state index in [-0.39, 0.29) is 35.6 Å². The lowest BCUT2D eigenvalue weighted by atomic mass is 9.67. The standard InChI is InChI=1S/C29H33Cl2NO2/c1-4-15-29(3)18-25(21-7-6-8-23(31)16-21)27(20-11-13-22(30)14-12-20)32(28(29)34)24(5-2)17-26(33)19-9-10-19/h4,6-8,11-14,16,19,24-25,27H,1,5,9-10,15,17-18H2,2-3H3. The number of hydrogen-bond acceptors (Lipinski definition) is 2. The molecule has 4 atom stereocenters. The van der Waals surface area contributed by atoms with Crippen molar-refractivity contribution in [1.29, 1.82) is 0 Å². The molecule has 0 radical (unpaired) electrons. The van der Waals surface area contributed by atoms with Crippen LogP contribution in [0.3, 0.4) is 0 Å². The van der Waals surface area contributed by atoms with Crippen molar-refractivity contribution in [3.8, 4) is 0 Å². The molecule has 34 heavy (non-hydrogen) atoms. The molecule has 2 aromatic rings. The van der Waals surface area contributed by atoms with Gasteiger partial charge in [0.2, 0.25) is 5.91 Å². The molecule has 0 spiro atoms. The van der Waals surface area contributed by atoms with Gasteiger partial charge in [-0.25, -0.2) is 0 Å². The number of likely N-dealkylation sites (tertiary alicyclic amines) is 1. The highest BCUT2D eigenvalue weighted by Gasteiger charge is 2.51. The van der Waals surface area contributed by atoms with Crippen molar-refractivity contribution in [2.45, 2.75) is 70.4 Å². The van der Waals surface area contributed by atoms with E-state index < -0.39 is 5.41 Å². The third-order valence-electron chi connectivity index (χ3n) is 7.52. The van der Waals surface area contributed by atoms with Gasteiger partial charge in [0, 0.05) is 34.3 Å². The van der Waals surface area contributed by atoms with Gasteiger partial charge in [0.15, 0.2) is 0 Å². The van der Waals surface area contributed by atoms with Crippen LogP contribution in [0, 0.1) is 11.3 Å². The number of Topliss-reactive ketones (excluding diaryl/α,β-unsaturated/α-hetero) is 1. The minimum atomic E-state index is -0.603. The number of hydrogen-bond donors (Lipinski definition) is 0. The smallest absolute Gasteiger partial charge is 0.229 e. The summed E-state index contributed by atoms with van der Waals surface area (Å²) in [5.74, 6) is 0.574. The van der Waals surface area contributed by atoms with E-state index in [0.717, 1.165) is 30.4 Å². The van der Waals surface area contributed by atoms with E-state index in [1.807, 2.05) is 60.4 Å². The molecule has 0 bridgehead atoms. The van der Waals surface area contributed by atoms with Crippen molar-refractivity contribution in [2.75, 3.05) is 0 Å². The summed E-state index contributed by atoms with van der Waals surface area (Å²) >= 11 is 12.6. The van der Waals surface area contributed by atoms with Crippen LogP contribution in [0.15, 0.2) is 61.2 Å². The number of ketones is 1. The second-order valence-electron chi connectivity index (χ2n) is 10.1. The van der Waals surface area contributed by atoms with E-state index >= 15 is 0 Å². The third kappa shape index (κ3) is 5.11. The Morgan fingerprint density at radius 2 is 1.85 bits per heavy atom. The van der Waals surface area contributed by atoms with Crippen molar-refractivity contribution in [3.05, 3.63) is 82.4 Å². The van der Waals surface area contributed by atoms with Crippen molar-refractivity contribution in [3.63, 3.8) is 0 Å². The molecule has 2 aliphatic rings. The first-order chi connectivity index (χ1) is 16.3. The van der Waals surface area contributed by atoms with Gasteiger partial charge in [-0.15, -0.1) is 6.58 Å². The van der Waals surface area contributed by atoms with Crippen LogP contribution in [0.4, 0.5) is 0 Å². The van der Waals surface area contributed by atoms with Crippen LogP contribution in [0.5, 0.6) is 0 Å². The second kappa shape index (κ2) is 10.3. The molecule has 3 nitrogen and oxygen atoms in total. The third-order valence-corrected chi connectivity index (χ3v) is 8.01. The Morgan fingerprint density at radius 3 is 2.44 bits per heavy atom. The summed E-state index contributed by atoms with van der Waals surface area (Å²) < 4.78 is 0. The number of carbonyl (C=O) groups is 2. The average Bonchev–Trinajstić information content (AvgIpc) is 3.66. The average molecular weight is 498 g/mol. The summed E-state index contributed by atoms with van der Waals surface area (Å²) in [5.41, 5.74) is 1.53. The number of rotatable bonds is 9. The maximum Gasteiger partial charge on any atom is 0.229 e. The number of halogens is 2. The molecule has 1 amide bonds. The van der Waals surface area contributed by atoms with E-state index in [1.165, 1.54) is 0 Å². The Labute approximate surface area is 213 Å². The molecule has 1 saturated carbocycles. The molecule has 1 saturated heterocycles. The monoisotopic (exact) mass is 497 g/mol. The minimum Gasteiger partial charge on any atom is -0.331 e. The summed E-state index contributed by atoms with van der Waals surface area (Å²) in [4.78, 5) is 29.1. The number of benzene rings is 2. The van der Waals surface area contributed by atoms with Gasteiger partial charge in [-0.1, -0.05) is 67.4 Å². The van der Waals surface area contributed by atoms with Gasteiger partial charge in [0.1, 0.15) is 5.78 Å². The van der Waals surface area contributed by atoms with Gasteiger partial charge < -0.3 is 4.90 Å². The van der Waals surface area contributed by atoms with E-state index in [4.69, 9.17) is 23.2 Å². The van der Waals surface area contributed by atoms with Crippen molar-refractivity contribution in [1.82, 2.24) is 4.90 Å². The van der Waals surface area contributed by atoms with Crippen LogP contribution in [-0.4, -0.2) is 22.6 Å². The highest BCUT2D eigenvalue weighted by atomic mass is 35.5. The molecule has 4 rings (SSSR count). The first-order valence-electron chi connectivity index (χ1n) is 12.2. The summed E-state index contributed by atoms with van der Waals surface area (Å²) in [7, 11) is 0. The summed E-state index contributed by atoms with van der Waals surface area (Å²) in [6, 6.07) is 15.4. The number of amides is 1. The van der Waals surface area contributed by atoms with Gasteiger partial charge >= 0.3 is 0 Å². The first-order valence-corrected chi connectivity index (χ1v) is 13.0. The molecule has 1 aliphatic carbocycles. The lowest BCUT2D eigenvalue weighted by Crippen LogP contribution is -2.55.